The molecule has 0 amide bonds. The molecule has 0 aliphatic heterocycles. The fourth-order valence-corrected chi connectivity index (χ4v) is 11.5. The maximum absolute atomic E-state index is 6.53. The van der Waals surface area contributed by atoms with Gasteiger partial charge in [0.25, 0.3) is 0 Å². The molecule has 0 unspecified atom stereocenters. The molecule has 1 aliphatic rings. The summed E-state index contributed by atoms with van der Waals surface area (Å²) in [6.45, 7) is 32.1. The summed E-state index contributed by atoms with van der Waals surface area (Å²) in [5.41, 5.74) is 8.64. The van der Waals surface area contributed by atoms with E-state index in [0.29, 0.717) is 379 Å². The predicted molar refractivity (Wildman–Crippen MR) is 455 cm³/mol. The van der Waals surface area contributed by atoms with E-state index in [4.69, 9.17) is 142 Å². The lowest BCUT2D eigenvalue weighted by molar-refractivity contribution is -0.0273. The summed E-state index contributed by atoms with van der Waals surface area (Å²) in [5.74, 6) is 2.64. The van der Waals surface area contributed by atoms with Crippen LogP contribution in [0.3, 0.4) is 0 Å². The van der Waals surface area contributed by atoms with Crippen LogP contribution in [0.2, 0.25) is 0 Å². The van der Waals surface area contributed by atoms with Gasteiger partial charge in [-0.3, -0.25) is 0 Å². The third-order valence-corrected chi connectivity index (χ3v) is 17.0. The van der Waals surface area contributed by atoms with E-state index in [-0.39, 0.29) is 14.9 Å². The van der Waals surface area contributed by atoms with Gasteiger partial charge in [0.2, 0.25) is 0 Å². The van der Waals surface area contributed by atoms with E-state index in [2.05, 4.69) is 74.5 Å². The molecular weight excluding hydrogens is 1550 g/mol. The third-order valence-electron chi connectivity index (χ3n) is 17.0. The van der Waals surface area contributed by atoms with E-state index in [1.54, 1.807) is 28.4 Å². The van der Waals surface area contributed by atoms with E-state index in [1.807, 2.05) is 26.0 Å². The molecule has 0 fully saturated rings. The molecule has 688 valence electrons. The van der Waals surface area contributed by atoms with Gasteiger partial charge < -0.3 is 142 Å². The van der Waals surface area contributed by atoms with Gasteiger partial charge in [-0.25, -0.2) is 0 Å². The van der Waals surface area contributed by atoms with Gasteiger partial charge in [0.15, 0.2) is 0 Å². The van der Waals surface area contributed by atoms with Crippen LogP contribution in [0.1, 0.15) is 62.1 Å². The Morgan fingerprint density at radius 1 is 0.193 bits per heavy atom. The van der Waals surface area contributed by atoms with Crippen LogP contribution in [-0.4, -0.2) is 372 Å². The molecule has 4 aromatic carbocycles. The topological polar surface area (TPSA) is 277 Å². The lowest BCUT2D eigenvalue weighted by atomic mass is 9.69. The molecule has 30 heteroatoms. The van der Waals surface area contributed by atoms with Gasteiger partial charge >= 0.3 is 0 Å². The third kappa shape index (κ3) is 56.5. The SMILES string of the molecule is C.C.CC.COCCOCCOCCOCCOCCOCCOCCOCCOCCOCCOCCOc1cc(CC2(Cc3cc(OCCOCCOC)cc(OCCOCCOC)c3)c3cc(C)ccc3-c3ccc(C)cc32)cc(OCCOCCOCCOCCOCCOCCOCCOCCOCCOCCOCCOC)c1. The van der Waals surface area contributed by atoms with Crippen LogP contribution in [-0.2, 0) is 141 Å². The zero-order valence-electron chi connectivity index (χ0n) is 71.9. The average Bonchev–Trinajstić information content (AvgIpc) is 1.56. The van der Waals surface area contributed by atoms with E-state index in [0.717, 1.165) is 22.3 Å². The number of rotatable bonds is 86. The first kappa shape index (κ1) is 110. The lowest BCUT2D eigenvalue weighted by Gasteiger charge is -2.34. The second-order valence-electron chi connectivity index (χ2n) is 26.0. The van der Waals surface area contributed by atoms with Crippen molar-refractivity contribution in [3.63, 3.8) is 0 Å². The maximum atomic E-state index is 6.53. The van der Waals surface area contributed by atoms with Gasteiger partial charge in [0.1, 0.15) is 49.4 Å². The Kier molecular flexibility index (Phi) is 74.2. The molecule has 0 saturated carbocycles. The van der Waals surface area contributed by atoms with Crippen LogP contribution < -0.4 is 18.9 Å². The molecule has 0 aromatic heterocycles. The first-order valence-electron chi connectivity index (χ1n) is 41.6. The van der Waals surface area contributed by atoms with Crippen molar-refractivity contribution < 1.29 is 142 Å². The highest BCUT2D eigenvalue weighted by atomic mass is 16.6. The largest absolute Gasteiger partial charge is 0.491 e. The molecule has 0 spiro atoms. The quantitative estimate of drug-likeness (QED) is 0.0372. The van der Waals surface area contributed by atoms with Crippen molar-refractivity contribution in [2.24, 2.45) is 0 Å². The van der Waals surface area contributed by atoms with Gasteiger partial charge in [-0.2, -0.15) is 0 Å². The Morgan fingerprint density at radius 2 is 0.345 bits per heavy atom. The van der Waals surface area contributed by atoms with Crippen LogP contribution in [0, 0.1) is 13.8 Å². The smallest absolute Gasteiger partial charge is 0.123 e. The van der Waals surface area contributed by atoms with Crippen LogP contribution in [0.4, 0.5) is 0 Å². The van der Waals surface area contributed by atoms with Crippen molar-refractivity contribution in [2.45, 2.75) is 60.8 Å². The zero-order chi connectivity index (χ0) is 83.3. The first-order chi connectivity index (χ1) is 57.9. The lowest BCUT2D eigenvalue weighted by Crippen LogP contribution is -2.31. The van der Waals surface area contributed by atoms with Gasteiger partial charge in [0.05, 0.1) is 317 Å². The number of hydrogen-bond donors (Lipinski definition) is 0. The number of benzene rings is 4. The fourth-order valence-electron chi connectivity index (χ4n) is 11.5. The van der Waals surface area contributed by atoms with Crippen molar-refractivity contribution in [3.8, 4) is 34.1 Å². The van der Waals surface area contributed by atoms with Crippen LogP contribution >= 0.6 is 0 Å². The summed E-state index contributed by atoms with van der Waals surface area (Å²) in [6, 6.07) is 25.9. The molecule has 0 radical (unpaired) electrons. The molecule has 0 bridgehead atoms. The Morgan fingerprint density at radius 3 is 0.504 bits per heavy atom. The highest BCUT2D eigenvalue weighted by Crippen LogP contribution is 2.53. The van der Waals surface area contributed by atoms with Crippen LogP contribution in [0.25, 0.3) is 11.1 Å². The fraction of sp³-hybridized carbons (Fsp3) is 0.730. The Hall–Kier alpha value is -4.96. The second kappa shape index (κ2) is 80.2. The minimum absolute atomic E-state index is 0. The first-order valence-corrected chi connectivity index (χ1v) is 41.6. The molecule has 30 nitrogen and oxygen atoms in total. The van der Waals surface area contributed by atoms with E-state index in [9.17, 15) is 0 Å². The van der Waals surface area contributed by atoms with E-state index in [1.165, 1.54) is 22.3 Å². The molecule has 0 atom stereocenters. The summed E-state index contributed by atoms with van der Waals surface area (Å²) in [5, 5.41) is 0. The highest BCUT2D eigenvalue weighted by molar-refractivity contribution is 5.82. The van der Waals surface area contributed by atoms with Crippen molar-refractivity contribution >= 4 is 0 Å². The molecule has 0 heterocycles. The Bertz CT molecular complexity index is 2710. The van der Waals surface area contributed by atoms with Crippen molar-refractivity contribution in [2.75, 3.05) is 372 Å². The van der Waals surface area contributed by atoms with Gasteiger partial charge in [-0.15, -0.1) is 0 Å². The Labute approximate surface area is 712 Å². The number of fused-ring (bicyclic) bond motifs is 3. The Balaban J connectivity index is 0.0000119. The minimum Gasteiger partial charge on any atom is -0.491 e. The molecule has 4 aromatic rings. The molecular formula is C89H152O30. The van der Waals surface area contributed by atoms with Crippen LogP contribution in [0.15, 0.2) is 72.8 Å². The normalized spacial score (nSPS) is 12.0. The predicted octanol–water partition coefficient (Wildman–Crippen LogP) is 9.82. The second-order valence-corrected chi connectivity index (χ2v) is 26.0. The molecule has 0 N–H and O–H groups in total. The summed E-state index contributed by atoms with van der Waals surface area (Å²) in [4.78, 5) is 0. The van der Waals surface area contributed by atoms with Gasteiger partial charge in [-0.1, -0.05) is 76.2 Å². The van der Waals surface area contributed by atoms with Crippen molar-refractivity contribution in [1.29, 1.82) is 0 Å². The molecule has 119 heavy (non-hydrogen) atoms. The molecule has 1 aliphatic carbocycles. The van der Waals surface area contributed by atoms with Gasteiger partial charge in [-0.05, 0) is 84.3 Å². The molecule has 0 saturated heterocycles. The minimum atomic E-state index is -0.577. The van der Waals surface area contributed by atoms with Crippen molar-refractivity contribution in [3.05, 3.63) is 106 Å². The monoisotopic (exact) mass is 1700 g/mol. The van der Waals surface area contributed by atoms with Gasteiger partial charge in [0, 0.05) is 46.0 Å². The number of hydrogen-bond acceptors (Lipinski definition) is 30. The maximum Gasteiger partial charge on any atom is 0.123 e. The molecule has 5 rings (SSSR count). The average molecular weight is 1700 g/mol. The number of methoxy groups -OCH3 is 4. The standard InChI is InChI=1S/C85H138O30.C2H6.2CH4/c1-73-7-9-81-82-10-8-74(2)64-84(82)85(83(81)63-73,71-75-65-77(112-59-55-92-17-13-88-5)69-78(66-75)113-60-56-93-18-14-89-6)72-76-67-79(114-61-57-110-53-51-108-49-47-106-45-43-104-41-39-102-37-35-100-33-31-98-29-27-96-25-23-94-21-19-90-15-11-86-3)70-80(68-76)115-62-58-111-54-52-109-50-48-107-46-44-105-42-40-103-38-36-101-34-32-99-30-28-97-26-24-95-22-20-91-16-12-87-4;1-2;;/h7-10,63-70H,11-62,71-72H2,1-6H3;1-2H3;2*1H4. The summed E-state index contributed by atoms with van der Waals surface area (Å²) < 4.78 is 170. The highest BCUT2D eigenvalue weighted by Gasteiger charge is 2.44. The van der Waals surface area contributed by atoms with Crippen LogP contribution in [0.5, 0.6) is 23.0 Å². The number of aryl methyl sites for hydroxylation is 2. The van der Waals surface area contributed by atoms with Crippen molar-refractivity contribution in [1.82, 2.24) is 0 Å². The van der Waals surface area contributed by atoms with E-state index >= 15 is 0 Å². The zero-order valence-corrected chi connectivity index (χ0v) is 71.9. The number of ether oxygens (including phenoxy) is 30. The summed E-state index contributed by atoms with van der Waals surface area (Å²) in [7, 11) is 6.60. The summed E-state index contributed by atoms with van der Waals surface area (Å²) in [6.07, 6.45) is 1.19. The summed E-state index contributed by atoms with van der Waals surface area (Å²) >= 11 is 0. The van der Waals surface area contributed by atoms with E-state index < -0.39 is 5.41 Å².